The Morgan fingerprint density at radius 2 is 1.61 bits per heavy atom. The van der Waals surface area contributed by atoms with Gasteiger partial charge in [-0.2, -0.15) is 4.39 Å². The standard InChI is InChI=1S/C31H42F2N2O/c1-4-6-7-8-9-10-22-36-28-19-18-27(29(32)30(28)33)26-16-14-25(15-17-26)23(3)12-11-13-24(5-2)31-34-20-21-35-31/h14-21,23-24H,4-13,22H2,1-3H3,(H,34,35). The van der Waals surface area contributed by atoms with E-state index < -0.39 is 11.6 Å². The minimum atomic E-state index is -0.905. The number of nitrogens with zero attached hydrogens (tertiary/aromatic N) is 1. The zero-order valence-corrected chi connectivity index (χ0v) is 22.2. The molecule has 36 heavy (non-hydrogen) atoms. The average molecular weight is 497 g/mol. The molecule has 1 N–H and O–H groups in total. The summed E-state index contributed by atoms with van der Waals surface area (Å²) < 4.78 is 35.0. The van der Waals surface area contributed by atoms with Crippen molar-refractivity contribution < 1.29 is 13.5 Å². The van der Waals surface area contributed by atoms with E-state index in [1.165, 1.54) is 24.8 Å². The molecule has 0 saturated carbocycles. The molecule has 3 aromatic rings. The predicted octanol–water partition coefficient (Wildman–Crippen LogP) is 9.56. The van der Waals surface area contributed by atoms with Crippen LogP contribution in [0, 0.1) is 11.6 Å². The zero-order chi connectivity index (χ0) is 25.8. The van der Waals surface area contributed by atoms with E-state index in [1.54, 1.807) is 12.1 Å². The van der Waals surface area contributed by atoms with Crippen LogP contribution in [0.2, 0.25) is 0 Å². The van der Waals surface area contributed by atoms with Gasteiger partial charge in [-0.25, -0.2) is 9.37 Å². The maximum Gasteiger partial charge on any atom is 0.201 e. The molecule has 2 aromatic carbocycles. The van der Waals surface area contributed by atoms with E-state index in [1.807, 2.05) is 36.7 Å². The first-order chi connectivity index (χ1) is 17.5. The maximum absolute atomic E-state index is 14.9. The molecule has 0 aliphatic carbocycles. The minimum absolute atomic E-state index is 0.00465. The van der Waals surface area contributed by atoms with E-state index in [0.717, 1.165) is 50.8 Å². The lowest BCUT2D eigenvalue weighted by molar-refractivity contribution is 0.285. The largest absolute Gasteiger partial charge is 0.490 e. The monoisotopic (exact) mass is 496 g/mol. The molecule has 0 fully saturated rings. The summed E-state index contributed by atoms with van der Waals surface area (Å²) in [6.45, 7) is 7.02. The topological polar surface area (TPSA) is 37.9 Å². The molecule has 3 nitrogen and oxygen atoms in total. The fourth-order valence-corrected chi connectivity index (χ4v) is 4.79. The van der Waals surface area contributed by atoms with Crippen molar-refractivity contribution in [3.63, 3.8) is 0 Å². The number of H-pyrrole nitrogens is 1. The maximum atomic E-state index is 14.9. The highest BCUT2D eigenvalue weighted by Crippen LogP contribution is 2.32. The number of imidazole rings is 1. The van der Waals surface area contributed by atoms with Crippen molar-refractivity contribution >= 4 is 0 Å². The molecule has 2 atom stereocenters. The number of aromatic nitrogens is 2. The summed E-state index contributed by atoms with van der Waals surface area (Å²) in [5, 5.41) is 0. The minimum Gasteiger partial charge on any atom is -0.490 e. The Morgan fingerprint density at radius 3 is 2.31 bits per heavy atom. The quantitative estimate of drug-likeness (QED) is 0.200. The van der Waals surface area contributed by atoms with Crippen molar-refractivity contribution in [2.75, 3.05) is 6.61 Å². The number of hydrogen-bond donors (Lipinski definition) is 1. The van der Waals surface area contributed by atoms with Crippen molar-refractivity contribution in [1.29, 1.82) is 0 Å². The Kier molecular flexibility index (Phi) is 11.4. The van der Waals surface area contributed by atoms with Gasteiger partial charge in [0.25, 0.3) is 0 Å². The van der Waals surface area contributed by atoms with E-state index in [9.17, 15) is 8.78 Å². The first-order valence-corrected chi connectivity index (χ1v) is 13.8. The van der Waals surface area contributed by atoms with E-state index in [0.29, 0.717) is 24.0 Å². The number of aromatic amines is 1. The number of rotatable bonds is 16. The molecule has 0 bridgehead atoms. The molecule has 1 aromatic heterocycles. The van der Waals surface area contributed by atoms with Gasteiger partial charge in [0, 0.05) is 23.9 Å². The second-order valence-electron chi connectivity index (χ2n) is 9.89. The van der Waals surface area contributed by atoms with Gasteiger partial charge in [0.15, 0.2) is 11.6 Å². The Hall–Kier alpha value is -2.69. The van der Waals surface area contributed by atoms with Gasteiger partial charge >= 0.3 is 0 Å². The molecule has 1 heterocycles. The second kappa shape index (κ2) is 14.8. The van der Waals surface area contributed by atoms with Crippen molar-refractivity contribution in [3.8, 4) is 16.9 Å². The third kappa shape index (κ3) is 7.91. The third-order valence-corrected chi connectivity index (χ3v) is 7.18. The van der Waals surface area contributed by atoms with Gasteiger partial charge in [-0.3, -0.25) is 0 Å². The van der Waals surface area contributed by atoms with Crippen LogP contribution in [0.5, 0.6) is 5.75 Å². The van der Waals surface area contributed by atoms with Crippen molar-refractivity contribution in [1.82, 2.24) is 9.97 Å². The summed E-state index contributed by atoms with van der Waals surface area (Å²) >= 11 is 0. The van der Waals surface area contributed by atoms with Gasteiger partial charge < -0.3 is 9.72 Å². The van der Waals surface area contributed by atoms with E-state index in [2.05, 4.69) is 30.7 Å². The van der Waals surface area contributed by atoms with Gasteiger partial charge in [-0.15, -0.1) is 0 Å². The normalized spacial score (nSPS) is 13.0. The van der Waals surface area contributed by atoms with E-state index in [-0.39, 0.29) is 11.3 Å². The lowest BCUT2D eigenvalue weighted by Gasteiger charge is -2.16. The molecule has 0 saturated heterocycles. The SMILES string of the molecule is CCCCCCCCOc1ccc(-c2ccc(C(C)CCCC(CC)c3ncc[nH]3)cc2)c(F)c1F. The number of hydrogen-bond acceptors (Lipinski definition) is 2. The summed E-state index contributed by atoms with van der Waals surface area (Å²) in [7, 11) is 0. The Balaban J connectivity index is 1.51. The highest BCUT2D eigenvalue weighted by atomic mass is 19.2. The van der Waals surface area contributed by atoms with Gasteiger partial charge in [0.05, 0.1) is 6.61 Å². The molecule has 0 spiro atoms. The van der Waals surface area contributed by atoms with Crippen LogP contribution in [0.15, 0.2) is 48.8 Å². The van der Waals surface area contributed by atoms with Crippen LogP contribution in [-0.2, 0) is 0 Å². The highest BCUT2D eigenvalue weighted by Gasteiger charge is 2.17. The summed E-state index contributed by atoms with van der Waals surface area (Å²) in [5.41, 5.74) is 2.15. The Labute approximate surface area is 215 Å². The first kappa shape index (κ1) is 27.9. The van der Waals surface area contributed by atoms with Crippen LogP contribution in [0.4, 0.5) is 8.78 Å². The van der Waals surface area contributed by atoms with Crippen molar-refractivity contribution in [3.05, 3.63) is 71.8 Å². The molecule has 2 unspecified atom stereocenters. The molecule has 0 radical (unpaired) electrons. The molecule has 0 aliphatic rings. The van der Waals surface area contributed by atoms with Gasteiger partial charge in [0.1, 0.15) is 5.82 Å². The van der Waals surface area contributed by atoms with Gasteiger partial charge in [0.2, 0.25) is 5.82 Å². The summed E-state index contributed by atoms with van der Waals surface area (Å²) in [5.74, 6) is 0.174. The molecular weight excluding hydrogens is 454 g/mol. The van der Waals surface area contributed by atoms with Gasteiger partial charge in [-0.05, 0) is 54.9 Å². The Morgan fingerprint density at radius 1 is 0.861 bits per heavy atom. The first-order valence-electron chi connectivity index (χ1n) is 13.8. The summed E-state index contributed by atoms with van der Waals surface area (Å²) in [6, 6.07) is 11.0. The highest BCUT2D eigenvalue weighted by molar-refractivity contribution is 5.65. The molecule has 5 heteroatoms. The lowest BCUT2D eigenvalue weighted by Crippen LogP contribution is -2.02. The summed E-state index contributed by atoms with van der Waals surface area (Å²) in [6.07, 6.45) is 14.8. The smallest absolute Gasteiger partial charge is 0.201 e. The van der Waals surface area contributed by atoms with Gasteiger partial charge in [-0.1, -0.05) is 83.6 Å². The third-order valence-electron chi connectivity index (χ3n) is 7.18. The van der Waals surface area contributed by atoms with Crippen molar-refractivity contribution in [2.24, 2.45) is 0 Å². The molecule has 0 amide bonds. The molecule has 196 valence electrons. The van der Waals surface area contributed by atoms with Crippen LogP contribution in [0.3, 0.4) is 0 Å². The number of ether oxygens (including phenoxy) is 1. The van der Waals surface area contributed by atoms with E-state index in [4.69, 9.17) is 4.74 Å². The molecular formula is C31H42F2N2O. The van der Waals surface area contributed by atoms with E-state index >= 15 is 0 Å². The lowest BCUT2D eigenvalue weighted by atomic mass is 9.90. The number of halogens is 2. The fourth-order valence-electron chi connectivity index (χ4n) is 4.79. The average Bonchev–Trinajstić information content (AvgIpc) is 3.43. The number of benzene rings is 2. The second-order valence-corrected chi connectivity index (χ2v) is 9.89. The summed E-state index contributed by atoms with van der Waals surface area (Å²) in [4.78, 5) is 7.65. The van der Waals surface area contributed by atoms with Crippen LogP contribution < -0.4 is 4.74 Å². The zero-order valence-electron chi connectivity index (χ0n) is 22.2. The van der Waals surface area contributed by atoms with Crippen LogP contribution in [-0.4, -0.2) is 16.6 Å². The number of nitrogens with one attached hydrogen (secondary N) is 1. The van der Waals surface area contributed by atoms with Crippen molar-refractivity contribution in [2.45, 2.75) is 96.8 Å². The molecule has 0 aliphatic heterocycles. The van der Waals surface area contributed by atoms with Crippen LogP contribution in [0.25, 0.3) is 11.1 Å². The molecule has 3 rings (SSSR count). The van der Waals surface area contributed by atoms with Crippen LogP contribution >= 0.6 is 0 Å². The predicted molar refractivity (Wildman–Crippen MR) is 145 cm³/mol. The fraction of sp³-hybridized carbons (Fsp3) is 0.516. The van der Waals surface area contributed by atoms with Crippen LogP contribution in [0.1, 0.15) is 108 Å². The Bertz CT molecular complexity index is 1020. The number of unbranched alkanes of at least 4 members (excludes halogenated alkanes) is 5.